The van der Waals surface area contributed by atoms with E-state index in [0.717, 1.165) is 43.5 Å². The highest BCUT2D eigenvalue weighted by Crippen LogP contribution is 2.11. The lowest BCUT2D eigenvalue weighted by Gasteiger charge is -2.36. The Hall–Kier alpha value is -1.98. The maximum atomic E-state index is 5.51. The van der Waals surface area contributed by atoms with Crippen molar-refractivity contribution in [2.45, 2.75) is 6.54 Å². The van der Waals surface area contributed by atoms with Gasteiger partial charge in [0.25, 0.3) is 0 Å². The summed E-state index contributed by atoms with van der Waals surface area (Å²) >= 11 is 5.51. The molecule has 0 radical (unpaired) electrons. The van der Waals surface area contributed by atoms with Crippen molar-refractivity contribution in [3.8, 4) is 0 Å². The molecule has 0 aliphatic carbocycles. The molecule has 4 nitrogen and oxygen atoms in total. The number of piperazine rings is 1. The van der Waals surface area contributed by atoms with E-state index in [0.29, 0.717) is 0 Å². The summed E-state index contributed by atoms with van der Waals surface area (Å²) in [6, 6.07) is 14.2. The number of nitrogens with one attached hydrogen (secondary N) is 1. The minimum absolute atomic E-state index is 0.812. The van der Waals surface area contributed by atoms with Crippen LogP contribution in [0.1, 0.15) is 5.56 Å². The van der Waals surface area contributed by atoms with E-state index in [1.807, 2.05) is 48.8 Å². The first-order chi connectivity index (χ1) is 10.8. The maximum absolute atomic E-state index is 5.51. The smallest absolute Gasteiger partial charge is 0.173 e. The molecule has 2 aromatic rings. The fourth-order valence-electron chi connectivity index (χ4n) is 2.58. The van der Waals surface area contributed by atoms with Crippen molar-refractivity contribution < 1.29 is 0 Å². The molecule has 0 saturated carbocycles. The second kappa shape index (κ2) is 7.33. The van der Waals surface area contributed by atoms with Gasteiger partial charge in [-0.3, -0.25) is 9.88 Å². The SMILES string of the molecule is S=C(Nc1ccccc1)N1CCN(Cc2cccnc2)CC1. The molecule has 0 bridgehead atoms. The first-order valence-electron chi connectivity index (χ1n) is 7.53. The van der Waals surface area contributed by atoms with Crippen LogP contribution in [-0.2, 0) is 6.54 Å². The van der Waals surface area contributed by atoms with Crippen LogP contribution in [0.3, 0.4) is 0 Å². The summed E-state index contributed by atoms with van der Waals surface area (Å²) in [6.07, 6.45) is 3.75. The molecule has 5 heteroatoms. The molecule has 1 aromatic carbocycles. The maximum Gasteiger partial charge on any atom is 0.173 e. The number of hydrogen-bond donors (Lipinski definition) is 1. The molecule has 0 unspecified atom stereocenters. The summed E-state index contributed by atoms with van der Waals surface area (Å²) in [5, 5.41) is 4.12. The second-order valence-corrected chi connectivity index (χ2v) is 5.81. The van der Waals surface area contributed by atoms with Gasteiger partial charge in [0.1, 0.15) is 0 Å². The van der Waals surface area contributed by atoms with E-state index < -0.39 is 0 Å². The highest BCUT2D eigenvalue weighted by Gasteiger charge is 2.18. The lowest BCUT2D eigenvalue weighted by Crippen LogP contribution is -2.49. The molecule has 22 heavy (non-hydrogen) atoms. The molecule has 1 aliphatic heterocycles. The van der Waals surface area contributed by atoms with Crippen LogP contribution >= 0.6 is 12.2 Å². The van der Waals surface area contributed by atoms with Gasteiger partial charge < -0.3 is 10.2 Å². The Morgan fingerprint density at radius 1 is 1.05 bits per heavy atom. The summed E-state index contributed by atoms with van der Waals surface area (Å²) in [6.45, 7) is 4.91. The summed E-state index contributed by atoms with van der Waals surface area (Å²) in [7, 11) is 0. The fraction of sp³-hybridized carbons (Fsp3) is 0.294. The van der Waals surface area contributed by atoms with Crippen molar-refractivity contribution in [1.82, 2.24) is 14.8 Å². The molecular weight excluding hydrogens is 292 g/mol. The number of anilines is 1. The van der Waals surface area contributed by atoms with Crippen LogP contribution in [0, 0.1) is 0 Å². The van der Waals surface area contributed by atoms with Crippen LogP contribution in [-0.4, -0.2) is 46.1 Å². The zero-order chi connectivity index (χ0) is 15.2. The molecule has 1 saturated heterocycles. The van der Waals surface area contributed by atoms with Gasteiger partial charge in [-0.15, -0.1) is 0 Å². The molecule has 0 amide bonds. The first-order valence-corrected chi connectivity index (χ1v) is 7.94. The van der Waals surface area contributed by atoms with Gasteiger partial charge in [0.15, 0.2) is 5.11 Å². The van der Waals surface area contributed by atoms with E-state index >= 15 is 0 Å². The van der Waals surface area contributed by atoms with Gasteiger partial charge in [-0.2, -0.15) is 0 Å². The van der Waals surface area contributed by atoms with Gasteiger partial charge >= 0.3 is 0 Å². The summed E-state index contributed by atoms with van der Waals surface area (Å²) < 4.78 is 0. The second-order valence-electron chi connectivity index (χ2n) is 5.42. The van der Waals surface area contributed by atoms with Gasteiger partial charge in [0, 0.05) is 50.8 Å². The zero-order valence-electron chi connectivity index (χ0n) is 12.5. The van der Waals surface area contributed by atoms with Crippen molar-refractivity contribution >= 4 is 23.0 Å². The number of thiocarbonyl (C=S) groups is 1. The van der Waals surface area contributed by atoms with Crippen LogP contribution in [0.4, 0.5) is 5.69 Å². The van der Waals surface area contributed by atoms with Crippen LogP contribution in [0.15, 0.2) is 54.9 Å². The number of rotatable bonds is 3. The van der Waals surface area contributed by atoms with Crippen LogP contribution in [0.2, 0.25) is 0 Å². The molecule has 1 N–H and O–H groups in total. The van der Waals surface area contributed by atoms with Crippen molar-refractivity contribution in [3.05, 3.63) is 60.4 Å². The summed E-state index contributed by atoms with van der Waals surface area (Å²) in [4.78, 5) is 8.85. The van der Waals surface area contributed by atoms with Gasteiger partial charge in [0.05, 0.1) is 0 Å². The Labute approximate surface area is 136 Å². The standard InChI is InChI=1S/C17H20N4S/c22-17(19-16-6-2-1-3-7-16)21-11-9-20(10-12-21)14-15-5-4-8-18-13-15/h1-8,13H,9-12,14H2,(H,19,22). The minimum atomic E-state index is 0.812. The first kappa shape index (κ1) is 14.9. The van der Waals surface area contributed by atoms with Crippen molar-refractivity contribution in [1.29, 1.82) is 0 Å². The van der Waals surface area contributed by atoms with Crippen LogP contribution < -0.4 is 5.32 Å². The van der Waals surface area contributed by atoms with E-state index in [1.54, 1.807) is 0 Å². The molecule has 0 spiro atoms. The Bertz CT molecular complexity index is 595. The minimum Gasteiger partial charge on any atom is -0.346 e. The Balaban J connectivity index is 1.48. The number of benzene rings is 1. The van der Waals surface area contributed by atoms with E-state index in [9.17, 15) is 0 Å². The molecule has 1 fully saturated rings. The third-order valence-electron chi connectivity index (χ3n) is 3.81. The van der Waals surface area contributed by atoms with E-state index in [-0.39, 0.29) is 0 Å². The number of para-hydroxylation sites is 1. The van der Waals surface area contributed by atoms with Gasteiger partial charge in [-0.05, 0) is 36.0 Å². The lowest BCUT2D eigenvalue weighted by molar-refractivity contribution is 0.177. The quantitative estimate of drug-likeness (QED) is 0.881. The highest BCUT2D eigenvalue weighted by atomic mass is 32.1. The molecule has 0 atom stereocenters. The third-order valence-corrected chi connectivity index (χ3v) is 4.17. The average Bonchev–Trinajstić information content (AvgIpc) is 2.57. The lowest BCUT2D eigenvalue weighted by atomic mass is 10.2. The largest absolute Gasteiger partial charge is 0.346 e. The molecule has 1 aromatic heterocycles. The van der Waals surface area contributed by atoms with Crippen LogP contribution in [0.5, 0.6) is 0 Å². The Morgan fingerprint density at radius 3 is 2.50 bits per heavy atom. The summed E-state index contributed by atoms with van der Waals surface area (Å²) in [5.41, 5.74) is 2.31. The number of aromatic nitrogens is 1. The van der Waals surface area contributed by atoms with Crippen molar-refractivity contribution in [3.63, 3.8) is 0 Å². The normalized spacial score (nSPS) is 15.5. The Morgan fingerprint density at radius 2 is 1.82 bits per heavy atom. The fourth-order valence-corrected chi connectivity index (χ4v) is 2.88. The van der Waals surface area contributed by atoms with Gasteiger partial charge in [-0.25, -0.2) is 0 Å². The zero-order valence-corrected chi connectivity index (χ0v) is 13.3. The molecule has 3 rings (SSSR count). The van der Waals surface area contributed by atoms with Crippen LogP contribution in [0.25, 0.3) is 0 Å². The molecule has 2 heterocycles. The van der Waals surface area contributed by atoms with Gasteiger partial charge in [-0.1, -0.05) is 24.3 Å². The van der Waals surface area contributed by atoms with E-state index in [4.69, 9.17) is 12.2 Å². The Kier molecular flexibility index (Phi) is 4.98. The highest BCUT2D eigenvalue weighted by molar-refractivity contribution is 7.80. The number of pyridine rings is 1. The number of hydrogen-bond acceptors (Lipinski definition) is 3. The third kappa shape index (κ3) is 4.02. The van der Waals surface area contributed by atoms with Crippen molar-refractivity contribution in [2.75, 3.05) is 31.5 Å². The van der Waals surface area contributed by atoms with Gasteiger partial charge in [0.2, 0.25) is 0 Å². The van der Waals surface area contributed by atoms with Crippen molar-refractivity contribution in [2.24, 2.45) is 0 Å². The van der Waals surface area contributed by atoms with E-state index in [1.165, 1.54) is 5.56 Å². The molecular formula is C17H20N4S. The predicted molar refractivity (Wildman–Crippen MR) is 93.7 cm³/mol. The topological polar surface area (TPSA) is 31.4 Å². The van der Waals surface area contributed by atoms with E-state index in [2.05, 4.69) is 26.2 Å². The summed E-state index contributed by atoms with van der Waals surface area (Å²) in [5.74, 6) is 0. The molecule has 1 aliphatic rings. The number of nitrogens with zero attached hydrogens (tertiary/aromatic N) is 3. The average molecular weight is 312 g/mol. The molecule has 114 valence electrons. The predicted octanol–water partition coefficient (Wildman–Crippen LogP) is 2.60. The monoisotopic (exact) mass is 312 g/mol.